The summed E-state index contributed by atoms with van der Waals surface area (Å²) in [5.41, 5.74) is 0. The van der Waals surface area contributed by atoms with Crippen LogP contribution in [0.5, 0.6) is 0 Å². The highest BCUT2D eigenvalue weighted by Crippen LogP contribution is 2.45. The Morgan fingerprint density at radius 3 is 0.833 bits per heavy atom. The SMILES string of the molecule is CC/C=C\C/C=C\C/C=C\C/C=C\C/C=C\CCCCCC(=O)OCC(COP(=O)(O)OCC(O)COP(=O)(O)OCC(COC(=O)CCCCCCCCCCCCCCCCC)OC(=O)CCCCCCC/C=C\CCCC)OC(=O)CCCCCC/C=C\C/C=C\C/C=C\C/C=C\CC. The van der Waals surface area contributed by atoms with Gasteiger partial charge in [-0.25, -0.2) is 9.13 Å². The molecule has 0 aromatic carbocycles. The Kier molecular flexibility index (Phi) is 71.4. The van der Waals surface area contributed by atoms with E-state index in [0.29, 0.717) is 25.7 Å². The van der Waals surface area contributed by atoms with E-state index in [1.807, 2.05) is 0 Å². The minimum Gasteiger partial charge on any atom is -0.462 e. The van der Waals surface area contributed by atoms with E-state index in [4.69, 9.17) is 37.0 Å². The molecule has 0 aliphatic rings. The van der Waals surface area contributed by atoms with E-state index in [1.54, 1.807) is 0 Å². The van der Waals surface area contributed by atoms with Gasteiger partial charge in [-0.1, -0.05) is 290 Å². The summed E-state index contributed by atoms with van der Waals surface area (Å²) in [6, 6.07) is 0. The zero-order valence-electron chi connectivity index (χ0n) is 64.0. The van der Waals surface area contributed by atoms with Gasteiger partial charge in [-0.15, -0.1) is 0 Å². The van der Waals surface area contributed by atoms with E-state index in [9.17, 15) is 43.2 Å². The molecule has 5 atom stereocenters. The largest absolute Gasteiger partial charge is 0.472 e. The molecular weight excluding hydrogens is 1330 g/mol. The number of hydrogen-bond donors (Lipinski definition) is 3. The molecule has 0 saturated carbocycles. The first-order chi connectivity index (χ1) is 49.7. The Hall–Kier alpha value is -4.54. The van der Waals surface area contributed by atoms with Crippen LogP contribution in [0.25, 0.3) is 0 Å². The maximum atomic E-state index is 13.1. The highest BCUT2D eigenvalue weighted by atomic mass is 31.2. The van der Waals surface area contributed by atoms with E-state index < -0.39 is 97.5 Å². The van der Waals surface area contributed by atoms with Crippen LogP contribution in [-0.4, -0.2) is 96.7 Å². The first-order valence-electron chi connectivity index (χ1n) is 39.8. The number of allylic oxidation sites excluding steroid dienone is 20. The number of phosphoric acid groups is 2. The van der Waals surface area contributed by atoms with Gasteiger partial charge in [0, 0.05) is 25.7 Å². The molecular formula is C83H142O17P2. The first-order valence-corrected chi connectivity index (χ1v) is 42.8. The summed E-state index contributed by atoms with van der Waals surface area (Å²) in [4.78, 5) is 72.9. The second kappa shape index (κ2) is 74.7. The van der Waals surface area contributed by atoms with E-state index in [2.05, 4.69) is 149 Å². The summed E-state index contributed by atoms with van der Waals surface area (Å²) in [6.07, 6.45) is 81.8. The van der Waals surface area contributed by atoms with Gasteiger partial charge in [0.15, 0.2) is 12.2 Å². The number of rotatable bonds is 74. The third kappa shape index (κ3) is 73.8. The molecule has 0 rings (SSSR count). The third-order valence-electron chi connectivity index (χ3n) is 16.4. The first kappa shape index (κ1) is 97.5. The van der Waals surface area contributed by atoms with Crippen molar-refractivity contribution in [2.75, 3.05) is 39.6 Å². The van der Waals surface area contributed by atoms with E-state index in [1.165, 1.54) is 83.5 Å². The fourth-order valence-corrected chi connectivity index (χ4v) is 12.0. The minimum atomic E-state index is -4.99. The number of hydrogen-bond acceptors (Lipinski definition) is 15. The molecule has 17 nitrogen and oxygen atoms in total. The number of unbranched alkanes of at least 4 members (excludes halogenated alkanes) is 28. The molecule has 0 saturated heterocycles. The van der Waals surface area contributed by atoms with Gasteiger partial charge in [-0.3, -0.25) is 37.3 Å². The van der Waals surface area contributed by atoms with Gasteiger partial charge in [0.2, 0.25) is 0 Å². The van der Waals surface area contributed by atoms with Crippen LogP contribution in [0.1, 0.15) is 323 Å². The van der Waals surface area contributed by atoms with Crippen molar-refractivity contribution in [2.24, 2.45) is 0 Å². The fourth-order valence-electron chi connectivity index (χ4n) is 10.4. The summed E-state index contributed by atoms with van der Waals surface area (Å²) >= 11 is 0. The maximum absolute atomic E-state index is 13.1. The average Bonchev–Trinajstić information content (AvgIpc) is 0.921. The van der Waals surface area contributed by atoms with Gasteiger partial charge >= 0.3 is 39.5 Å². The Balaban J connectivity index is 5.39. The predicted molar refractivity (Wildman–Crippen MR) is 418 cm³/mol. The second-order valence-corrected chi connectivity index (χ2v) is 29.2. The highest BCUT2D eigenvalue weighted by molar-refractivity contribution is 7.47. The standard InChI is InChI=1S/C83H142O17P2/c1-5-9-13-17-21-25-29-32-35-37-38-40-42-45-49-52-56-60-64-68-81(86)94-74-79(100-83(88)70-66-62-58-54-50-46-43-39-36-33-30-26-22-18-14-10-6-2)76-98-102(91,92)96-72-77(84)71-95-101(89,90)97-75-78(99-82(87)69-65-61-57-53-47-28-24-20-16-12-8-4)73-93-80(85)67-63-59-55-51-48-44-41-34-31-27-23-19-15-11-7-3/h9-10,13-14,20-22,24-26,32-33,35-36,38,40,43,45-46,49,77-79,84H,5-8,11-12,15-19,23,27-31,34,37,39,41-42,44,47-48,50-76H2,1-4H3,(H,89,90)(H,91,92)/b13-9-,14-10-,24-20-,25-21-,26-22-,35-32-,36-33-,40-38-,46-43-,49-45-. The predicted octanol–water partition coefficient (Wildman–Crippen LogP) is 23.1. The van der Waals surface area contributed by atoms with Crippen molar-refractivity contribution in [2.45, 2.75) is 341 Å². The molecule has 5 unspecified atom stereocenters. The van der Waals surface area contributed by atoms with Crippen LogP contribution >= 0.6 is 15.6 Å². The summed E-state index contributed by atoms with van der Waals surface area (Å²) in [5, 5.41) is 10.6. The molecule has 0 fully saturated rings. The molecule has 0 aliphatic carbocycles. The van der Waals surface area contributed by atoms with Crippen molar-refractivity contribution in [3.05, 3.63) is 122 Å². The highest BCUT2D eigenvalue weighted by Gasteiger charge is 2.30. The quantitative estimate of drug-likeness (QED) is 0.0169. The van der Waals surface area contributed by atoms with Gasteiger partial charge < -0.3 is 33.8 Å². The van der Waals surface area contributed by atoms with E-state index in [0.717, 1.165) is 161 Å². The lowest BCUT2D eigenvalue weighted by Crippen LogP contribution is -2.30. The summed E-state index contributed by atoms with van der Waals surface area (Å²) in [7, 11) is -9.97. The number of phosphoric ester groups is 2. The smallest absolute Gasteiger partial charge is 0.462 e. The van der Waals surface area contributed by atoms with Crippen LogP contribution in [0.3, 0.4) is 0 Å². The van der Waals surface area contributed by atoms with Crippen molar-refractivity contribution in [3.63, 3.8) is 0 Å². The zero-order chi connectivity index (χ0) is 74.6. The molecule has 0 heterocycles. The fraction of sp³-hybridized carbons (Fsp3) is 0.711. The molecule has 0 aromatic rings. The zero-order valence-corrected chi connectivity index (χ0v) is 65.8. The number of carbonyl (C=O) groups is 4. The normalized spacial score (nSPS) is 14.5. The van der Waals surface area contributed by atoms with Crippen LogP contribution in [0, 0.1) is 0 Å². The monoisotopic (exact) mass is 1470 g/mol. The molecule has 0 spiro atoms. The van der Waals surface area contributed by atoms with Crippen LogP contribution in [-0.2, 0) is 65.4 Å². The number of carbonyl (C=O) groups excluding carboxylic acids is 4. The Bertz CT molecular complexity index is 2410. The molecule has 19 heteroatoms. The molecule has 586 valence electrons. The van der Waals surface area contributed by atoms with Crippen LogP contribution in [0.4, 0.5) is 0 Å². The number of aliphatic hydroxyl groups is 1. The second-order valence-electron chi connectivity index (χ2n) is 26.2. The molecule has 3 N–H and O–H groups in total. The van der Waals surface area contributed by atoms with Crippen molar-refractivity contribution < 1.29 is 80.2 Å². The summed E-state index contributed by atoms with van der Waals surface area (Å²) in [6.45, 7) is 4.56. The van der Waals surface area contributed by atoms with Crippen molar-refractivity contribution >= 4 is 39.5 Å². The van der Waals surface area contributed by atoms with Gasteiger partial charge in [0.05, 0.1) is 26.4 Å². The van der Waals surface area contributed by atoms with E-state index in [-0.39, 0.29) is 25.7 Å². The lowest BCUT2D eigenvalue weighted by atomic mass is 10.0. The van der Waals surface area contributed by atoms with Gasteiger partial charge in [0.1, 0.15) is 19.3 Å². The van der Waals surface area contributed by atoms with Gasteiger partial charge in [0.25, 0.3) is 0 Å². The van der Waals surface area contributed by atoms with Crippen LogP contribution in [0.15, 0.2) is 122 Å². The van der Waals surface area contributed by atoms with Crippen molar-refractivity contribution in [1.29, 1.82) is 0 Å². The summed E-state index contributed by atoms with van der Waals surface area (Å²) < 4.78 is 68.5. The summed E-state index contributed by atoms with van der Waals surface area (Å²) in [5.74, 6) is -2.24. The molecule has 0 aromatic heterocycles. The molecule has 0 amide bonds. The van der Waals surface area contributed by atoms with Crippen LogP contribution < -0.4 is 0 Å². The topological polar surface area (TPSA) is 237 Å². The third-order valence-corrected chi connectivity index (χ3v) is 18.3. The lowest BCUT2D eigenvalue weighted by Gasteiger charge is -2.21. The van der Waals surface area contributed by atoms with Gasteiger partial charge in [-0.05, 0) is 128 Å². The molecule has 0 bridgehead atoms. The maximum Gasteiger partial charge on any atom is 0.472 e. The Morgan fingerprint density at radius 1 is 0.284 bits per heavy atom. The van der Waals surface area contributed by atoms with Crippen molar-refractivity contribution in [3.8, 4) is 0 Å². The Morgan fingerprint density at radius 2 is 0.520 bits per heavy atom. The van der Waals surface area contributed by atoms with Crippen LogP contribution in [0.2, 0.25) is 0 Å². The molecule has 0 radical (unpaired) electrons. The Labute approximate surface area is 619 Å². The van der Waals surface area contributed by atoms with Gasteiger partial charge in [-0.2, -0.15) is 0 Å². The lowest BCUT2D eigenvalue weighted by molar-refractivity contribution is -0.161. The molecule has 102 heavy (non-hydrogen) atoms. The molecule has 0 aliphatic heterocycles. The average molecular weight is 1470 g/mol. The van der Waals surface area contributed by atoms with E-state index >= 15 is 0 Å². The number of ether oxygens (including phenoxy) is 4. The number of esters is 4. The minimum absolute atomic E-state index is 0.0567. The van der Waals surface area contributed by atoms with Crippen molar-refractivity contribution in [1.82, 2.24) is 0 Å². The number of aliphatic hydroxyl groups excluding tert-OH is 1.